The summed E-state index contributed by atoms with van der Waals surface area (Å²) >= 11 is 8.86. The minimum Gasteiger partial charge on any atom is -0.545 e. The van der Waals surface area contributed by atoms with Crippen molar-refractivity contribution in [2.75, 3.05) is 4.72 Å². The van der Waals surface area contributed by atoms with E-state index in [1.54, 1.807) is 0 Å². The van der Waals surface area contributed by atoms with E-state index in [1.807, 2.05) is 0 Å². The molecule has 0 heterocycles. The van der Waals surface area contributed by atoms with Gasteiger partial charge in [0.2, 0.25) is 0 Å². The summed E-state index contributed by atoms with van der Waals surface area (Å²) in [6, 6.07) is 9.49. The zero-order valence-electron chi connectivity index (χ0n) is 10.3. The lowest BCUT2D eigenvalue weighted by Gasteiger charge is -2.12. The molecule has 0 fully saturated rings. The van der Waals surface area contributed by atoms with Crippen LogP contribution in [0.2, 0.25) is 5.02 Å². The van der Waals surface area contributed by atoms with Crippen LogP contribution < -0.4 is 9.83 Å². The average molecular weight is 390 g/mol. The number of hydrogen-bond donors (Lipinski definition) is 1. The summed E-state index contributed by atoms with van der Waals surface area (Å²) < 4.78 is 27.1. The molecule has 8 heteroatoms. The predicted octanol–water partition coefficient (Wildman–Crippen LogP) is 2.27. The molecule has 0 saturated carbocycles. The number of carboxylic acid groups (broad SMARTS) is 1. The molecule has 0 aliphatic heterocycles. The molecular weight excluding hydrogens is 382 g/mol. The fourth-order valence-corrected chi connectivity index (χ4v) is 3.22. The molecule has 21 heavy (non-hydrogen) atoms. The van der Waals surface area contributed by atoms with Gasteiger partial charge in [-0.2, -0.15) is 0 Å². The summed E-state index contributed by atoms with van der Waals surface area (Å²) in [5.74, 6) is -1.39. The number of anilines is 1. The molecule has 0 atom stereocenters. The molecule has 1 N–H and O–H groups in total. The summed E-state index contributed by atoms with van der Waals surface area (Å²) in [5, 5.41) is 11.2. The Kier molecular flexibility index (Phi) is 4.55. The number of carbonyl (C=O) groups excluding carboxylic acids is 1. The van der Waals surface area contributed by atoms with E-state index < -0.39 is 16.0 Å². The molecule has 0 spiro atoms. The number of nitrogens with one attached hydrogen (secondary N) is 1. The van der Waals surface area contributed by atoms with Gasteiger partial charge < -0.3 is 9.90 Å². The number of carbonyl (C=O) groups is 1. The van der Waals surface area contributed by atoms with Gasteiger partial charge in [0.25, 0.3) is 10.0 Å². The smallest absolute Gasteiger partial charge is 0.261 e. The van der Waals surface area contributed by atoms with Crippen molar-refractivity contribution in [2.24, 2.45) is 0 Å². The van der Waals surface area contributed by atoms with Crippen molar-refractivity contribution in [3.8, 4) is 0 Å². The lowest BCUT2D eigenvalue weighted by molar-refractivity contribution is -0.255. The SMILES string of the molecule is O=C([O-])c1ccc(Br)c(NS(=O)(=O)c2ccc(Cl)cc2)c1. The molecule has 110 valence electrons. The van der Waals surface area contributed by atoms with Gasteiger partial charge in [-0.15, -0.1) is 0 Å². The Balaban J connectivity index is 2.38. The Hall–Kier alpha value is -1.57. The van der Waals surface area contributed by atoms with Gasteiger partial charge in [0.1, 0.15) is 0 Å². The molecule has 2 rings (SSSR count). The van der Waals surface area contributed by atoms with Gasteiger partial charge in [0.15, 0.2) is 0 Å². The van der Waals surface area contributed by atoms with Gasteiger partial charge in [0.05, 0.1) is 16.6 Å². The normalized spacial score (nSPS) is 11.1. The first-order chi connectivity index (χ1) is 9.79. The fraction of sp³-hybridized carbons (Fsp3) is 0. The first kappa shape index (κ1) is 15.8. The van der Waals surface area contributed by atoms with Crippen LogP contribution in [-0.2, 0) is 10.0 Å². The van der Waals surface area contributed by atoms with Gasteiger partial charge >= 0.3 is 0 Å². The molecule has 0 bridgehead atoms. The highest BCUT2D eigenvalue weighted by Gasteiger charge is 2.16. The first-order valence-corrected chi connectivity index (χ1v) is 8.24. The Bertz CT molecular complexity index is 790. The molecule has 0 radical (unpaired) electrons. The Morgan fingerprint density at radius 3 is 2.33 bits per heavy atom. The summed E-state index contributed by atoms with van der Waals surface area (Å²) in [6.45, 7) is 0. The molecule has 0 amide bonds. The fourth-order valence-electron chi connectivity index (χ4n) is 1.55. The predicted molar refractivity (Wildman–Crippen MR) is 80.7 cm³/mol. The van der Waals surface area contributed by atoms with Crippen LogP contribution in [0.15, 0.2) is 51.8 Å². The molecule has 2 aromatic carbocycles. The second-order valence-electron chi connectivity index (χ2n) is 4.04. The van der Waals surface area contributed by atoms with E-state index in [-0.39, 0.29) is 16.1 Å². The maximum absolute atomic E-state index is 12.2. The van der Waals surface area contributed by atoms with Crippen LogP contribution in [0.4, 0.5) is 5.69 Å². The van der Waals surface area contributed by atoms with Gasteiger partial charge in [-0.05, 0) is 57.9 Å². The van der Waals surface area contributed by atoms with Crippen LogP contribution in [-0.4, -0.2) is 14.4 Å². The molecule has 2 aromatic rings. The van der Waals surface area contributed by atoms with Gasteiger partial charge in [-0.3, -0.25) is 4.72 Å². The zero-order chi connectivity index (χ0) is 15.6. The molecule has 0 aromatic heterocycles. The van der Waals surface area contributed by atoms with E-state index in [1.165, 1.54) is 42.5 Å². The Morgan fingerprint density at radius 1 is 1.14 bits per heavy atom. The standard InChI is InChI=1S/C13H9BrClNO4S/c14-11-6-1-8(13(17)18)7-12(11)16-21(19,20)10-4-2-9(15)3-5-10/h1-7,16H,(H,17,18)/p-1. The van der Waals surface area contributed by atoms with E-state index >= 15 is 0 Å². The van der Waals surface area contributed by atoms with Crippen LogP contribution in [0.1, 0.15) is 10.4 Å². The lowest BCUT2D eigenvalue weighted by Crippen LogP contribution is -2.22. The van der Waals surface area contributed by atoms with Crippen molar-refractivity contribution in [3.63, 3.8) is 0 Å². The third kappa shape index (κ3) is 3.75. The van der Waals surface area contributed by atoms with Crippen molar-refractivity contribution < 1.29 is 18.3 Å². The number of carboxylic acids is 1. The van der Waals surface area contributed by atoms with Crippen LogP contribution in [0, 0.1) is 0 Å². The number of aromatic carboxylic acids is 1. The van der Waals surface area contributed by atoms with E-state index in [9.17, 15) is 18.3 Å². The monoisotopic (exact) mass is 388 g/mol. The van der Waals surface area contributed by atoms with Crippen LogP contribution >= 0.6 is 27.5 Å². The molecule has 0 aliphatic rings. The number of benzene rings is 2. The molecule has 0 saturated heterocycles. The zero-order valence-corrected chi connectivity index (χ0v) is 13.5. The van der Waals surface area contributed by atoms with Crippen molar-refractivity contribution in [3.05, 3.63) is 57.5 Å². The van der Waals surface area contributed by atoms with Gasteiger partial charge in [-0.1, -0.05) is 17.7 Å². The van der Waals surface area contributed by atoms with E-state index in [2.05, 4.69) is 20.7 Å². The largest absolute Gasteiger partial charge is 0.545 e. The third-order valence-corrected chi connectivity index (χ3v) is 4.90. The highest BCUT2D eigenvalue weighted by Crippen LogP contribution is 2.26. The first-order valence-electron chi connectivity index (χ1n) is 5.59. The Labute approximate surface area is 134 Å². The Morgan fingerprint density at radius 2 is 1.76 bits per heavy atom. The van der Waals surface area contributed by atoms with E-state index in [0.717, 1.165) is 0 Å². The average Bonchev–Trinajstić information content (AvgIpc) is 2.41. The van der Waals surface area contributed by atoms with Crippen LogP contribution in [0.25, 0.3) is 0 Å². The number of hydrogen-bond acceptors (Lipinski definition) is 4. The lowest BCUT2D eigenvalue weighted by atomic mass is 10.2. The summed E-state index contributed by atoms with van der Waals surface area (Å²) in [6.07, 6.45) is 0. The summed E-state index contributed by atoms with van der Waals surface area (Å²) in [4.78, 5) is 10.8. The highest BCUT2D eigenvalue weighted by atomic mass is 79.9. The molecule has 5 nitrogen and oxygen atoms in total. The quantitative estimate of drug-likeness (QED) is 0.869. The number of halogens is 2. The summed E-state index contributed by atoms with van der Waals surface area (Å²) in [5.41, 5.74) is -0.0290. The van der Waals surface area contributed by atoms with Crippen molar-refractivity contribution in [1.82, 2.24) is 0 Å². The molecular formula is C13H8BrClNO4S-. The van der Waals surface area contributed by atoms with Gasteiger partial charge in [0, 0.05) is 9.50 Å². The van der Waals surface area contributed by atoms with Crippen LogP contribution in [0.3, 0.4) is 0 Å². The van der Waals surface area contributed by atoms with E-state index in [4.69, 9.17) is 11.6 Å². The second kappa shape index (κ2) is 6.05. The topological polar surface area (TPSA) is 86.3 Å². The maximum atomic E-state index is 12.2. The minimum atomic E-state index is -3.85. The number of sulfonamides is 1. The highest BCUT2D eigenvalue weighted by molar-refractivity contribution is 9.10. The third-order valence-electron chi connectivity index (χ3n) is 2.57. The molecule has 0 aliphatic carbocycles. The van der Waals surface area contributed by atoms with Crippen molar-refractivity contribution in [2.45, 2.75) is 4.90 Å². The molecule has 0 unspecified atom stereocenters. The van der Waals surface area contributed by atoms with Gasteiger partial charge in [-0.25, -0.2) is 8.42 Å². The van der Waals surface area contributed by atoms with Crippen molar-refractivity contribution >= 4 is 49.2 Å². The maximum Gasteiger partial charge on any atom is 0.261 e. The van der Waals surface area contributed by atoms with Crippen molar-refractivity contribution in [1.29, 1.82) is 0 Å². The van der Waals surface area contributed by atoms with Crippen LogP contribution in [0.5, 0.6) is 0 Å². The van der Waals surface area contributed by atoms with E-state index in [0.29, 0.717) is 9.50 Å². The second-order valence-corrected chi connectivity index (χ2v) is 7.01. The minimum absolute atomic E-state index is 0.0117. The number of rotatable bonds is 4. The summed E-state index contributed by atoms with van der Waals surface area (Å²) in [7, 11) is -3.85.